The number of carboxylic acids is 1. The topological polar surface area (TPSA) is 64.3 Å². The molecule has 0 saturated carbocycles. The molecule has 1 atom stereocenters. The van der Waals surface area contributed by atoms with E-state index in [0.29, 0.717) is 19.4 Å². The molecule has 0 aromatic heterocycles. The summed E-state index contributed by atoms with van der Waals surface area (Å²) in [4.78, 5) is 12.9. The van der Waals surface area contributed by atoms with Crippen LogP contribution in [0.2, 0.25) is 0 Å². The van der Waals surface area contributed by atoms with Gasteiger partial charge in [0.15, 0.2) is 0 Å². The smallest absolute Gasteiger partial charge is 0.416 e. The number of nitrogens with zero attached hydrogens (tertiary/aromatic N) is 2. The van der Waals surface area contributed by atoms with Gasteiger partial charge in [-0.1, -0.05) is 0 Å². The first-order chi connectivity index (χ1) is 9.70. The van der Waals surface area contributed by atoms with E-state index >= 15 is 0 Å². The second-order valence-corrected chi connectivity index (χ2v) is 5.18. The summed E-state index contributed by atoms with van der Waals surface area (Å²) in [7, 11) is 0. The van der Waals surface area contributed by atoms with Crippen LogP contribution in [0.4, 0.5) is 18.9 Å². The standard InChI is InChI=1S/C14H13F3N2O2/c1-13(12(20)21)5-2-6-19(13)11-4-3-10(14(15,16)17)7-9(11)8-18/h3-4,7H,2,5-6H2,1H3,(H,20,21). The van der Waals surface area contributed by atoms with Crippen LogP contribution in [0.5, 0.6) is 0 Å². The summed E-state index contributed by atoms with van der Waals surface area (Å²) in [6.07, 6.45) is -3.55. The van der Waals surface area contributed by atoms with Crippen LogP contribution < -0.4 is 4.90 Å². The summed E-state index contributed by atoms with van der Waals surface area (Å²) in [5.41, 5.74) is -2.06. The molecule has 1 N–H and O–H groups in total. The Morgan fingerprint density at radius 2 is 2.14 bits per heavy atom. The van der Waals surface area contributed by atoms with Gasteiger partial charge in [-0.2, -0.15) is 18.4 Å². The SMILES string of the molecule is CC1(C(=O)O)CCCN1c1ccc(C(F)(F)F)cc1C#N. The Bertz CT molecular complexity index is 622. The maximum atomic E-state index is 12.7. The molecule has 0 spiro atoms. The zero-order valence-electron chi connectivity index (χ0n) is 11.2. The van der Waals surface area contributed by atoms with E-state index in [1.165, 1.54) is 17.9 Å². The lowest BCUT2D eigenvalue weighted by atomic mass is 9.97. The summed E-state index contributed by atoms with van der Waals surface area (Å²) in [5.74, 6) is -1.05. The number of carboxylic acid groups (broad SMARTS) is 1. The van der Waals surface area contributed by atoms with Crippen molar-refractivity contribution in [1.82, 2.24) is 0 Å². The zero-order valence-corrected chi connectivity index (χ0v) is 11.2. The first-order valence-corrected chi connectivity index (χ1v) is 6.32. The summed E-state index contributed by atoms with van der Waals surface area (Å²) >= 11 is 0. The molecule has 0 radical (unpaired) electrons. The largest absolute Gasteiger partial charge is 0.480 e. The van der Waals surface area contributed by atoms with E-state index in [-0.39, 0.29) is 11.3 Å². The Balaban J connectivity index is 2.50. The van der Waals surface area contributed by atoms with Crippen molar-refractivity contribution < 1.29 is 23.1 Å². The van der Waals surface area contributed by atoms with Crippen LogP contribution in [0, 0.1) is 11.3 Å². The number of halogens is 3. The van der Waals surface area contributed by atoms with Gasteiger partial charge in [0, 0.05) is 6.54 Å². The van der Waals surface area contributed by atoms with Crippen molar-refractivity contribution >= 4 is 11.7 Å². The fourth-order valence-corrected chi connectivity index (χ4v) is 2.61. The molecule has 2 rings (SSSR count). The minimum Gasteiger partial charge on any atom is -0.480 e. The van der Waals surface area contributed by atoms with Crippen LogP contribution in [0.3, 0.4) is 0 Å². The van der Waals surface area contributed by atoms with Crippen LogP contribution >= 0.6 is 0 Å². The summed E-state index contributed by atoms with van der Waals surface area (Å²) in [6, 6.07) is 4.53. The molecule has 1 heterocycles. The quantitative estimate of drug-likeness (QED) is 0.911. The lowest BCUT2D eigenvalue weighted by Gasteiger charge is -2.33. The Kier molecular flexibility index (Phi) is 3.58. The highest BCUT2D eigenvalue weighted by atomic mass is 19.4. The minimum atomic E-state index is -4.54. The van der Waals surface area contributed by atoms with Crippen molar-refractivity contribution in [3.05, 3.63) is 29.3 Å². The number of anilines is 1. The van der Waals surface area contributed by atoms with Crippen molar-refractivity contribution in [1.29, 1.82) is 5.26 Å². The molecule has 7 heteroatoms. The average molecular weight is 298 g/mol. The molecule has 1 fully saturated rings. The number of alkyl halides is 3. The van der Waals surface area contributed by atoms with Gasteiger partial charge in [0.2, 0.25) is 0 Å². The lowest BCUT2D eigenvalue weighted by molar-refractivity contribution is -0.142. The van der Waals surface area contributed by atoms with Gasteiger partial charge in [0.05, 0.1) is 16.8 Å². The van der Waals surface area contributed by atoms with Gasteiger partial charge in [-0.15, -0.1) is 0 Å². The van der Waals surface area contributed by atoms with Crippen molar-refractivity contribution in [3.63, 3.8) is 0 Å². The number of hydrogen-bond donors (Lipinski definition) is 1. The van der Waals surface area contributed by atoms with Gasteiger partial charge in [-0.05, 0) is 38.0 Å². The molecule has 1 aliphatic rings. The monoisotopic (exact) mass is 298 g/mol. The van der Waals surface area contributed by atoms with Gasteiger partial charge in [0.25, 0.3) is 0 Å². The second-order valence-electron chi connectivity index (χ2n) is 5.18. The molecule has 1 aliphatic heterocycles. The molecular weight excluding hydrogens is 285 g/mol. The lowest BCUT2D eigenvalue weighted by Crippen LogP contribution is -2.48. The van der Waals surface area contributed by atoms with E-state index in [0.717, 1.165) is 12.1 Å². The number of aliphatic carboxylic acids is 1. The maximum absolute atomic E-state index is 12.7. The minimum absolute atomic E-state index is 0.167. The van der Waals surface area contributed by atoms with E-state index in [4.69, 9.17) is 5.26 Å². The van der Waals surface area contributed by atoms with Gasteiger partial charge in [0.1, 0.15) is 11.6 Å². The van der Waals surface area contributed by atoms with E-state index < -0.39 is 23.2 Å². The molecule has 1 unspecified atom stereocenters. The van der Waals surface area contributed by atoms with Crippen molar-refractivity contribution in [2.75, 3.05) is 11.4 Å². The molecule has 4 nitrogen and oxygen atoms in total. The first-order valence-electron chi connectivity index (χ1n) is 6.32. The number of benzene rings is 1. The third kappa shape index (κ3) is 2.53. The third-order valence-electron chi connectivity index (χ3n) is 3.84. The maximum Gasteiger partial charge on any atom is 0.416 e. The number of rotatable bonds is 2. The van der Waals surface area contributed by atoms with E-state index in [9.17, 15) is 23.1 Å². The molecule has 0 amide bonds. The van der Waals surface area contributed by atoms with Gasteiger partial charge >= 0.3 is 12.1 Å². The summed E-state index contributed by atoms with van der Waals surface area (Å²) in [6.45, 7) is 1.91. The molecule has 1 saturated heterocycles. The van der Waals surface area contributed by atoms with Crippen LogP contribution in [0.1, 0.15) is 30.9 Å². The number of hydrogen-bond acceptors (Lipinski definition) is 3. The first kappa shape index (κ1) is 15.2. The van der Waals surface area contributed by atoms with Crippen LogP contribution in [0.15, 0.2) is 18.2 Å². The third-order valence-corrected chi connectivity index (χ3v) is 3.84. The highest BCUT2D eigenvalue weighted by Gasteiger charge is 2.44. The fourth-order valence-electron chi connectivity index (χ4n) is 2.61. The predicted molar refractivity (Wildman–Crippen MR) is 68.8 cm³/mol. The van der Waals surface area contributed by atoms with Crippen LogP contribution in [-0.2, 0) is 11.0 Å². The van der Waals surface area contributed by atoms with E-state index in [2.05, 4.69) is 0 Å². The van der Waals surface area contributed by atoms with Gasteiger partial charge < -0.3 is 10.0 Å². The Hall–Kier alpha value is -2.23. The molecule has 112 valence electrons. The van der Waals surface area contributed by atoms with E-state index in [1.54, 1.807) is 6.07 Å². The zero-order chi connectivity index (χ0) is 15.8. The average Bonchev–Trinajstić information content (AvgIpc) is 2.80. The molecule has 1 aromatic rings. The summed E-state index contributed by atoms with van der Waals surface area (Å²) in [5, 5.41) is 18.4. The normalized spacial score (nSPS) is 22.1. The number of nitriles is 1. The van der Waals surface area contributed by atoms with Gasteiger partial charge in [-0.25, -0.2) is 4.79 Å². The van der Waals surface area contributed by atoms with E-state index in [1.807, 2.05) is 0 Å². The fraction of sp³-hybridized carbons (Fsp3) is 0.429. The van der Waals surface area contributed by atoms with Crippen LogP contribution in [-0.4, -0.2) is 23.2 Å². The highest BCUT2D eigenvalue weighted by molar-refractivity contribution is 5.85. The molecule has 0 aliphatic carbocycles. The van der Waals surface area contributed by atoms with Crippen molar-refractivity contribution in [3.8, 4) is 6.07 Å². The Morgan fingerprint density at radius 1 is 1.48 bits per heavy atom. The van der Waals surface area contributed by atoms with Crippen LogP contribution in [0.25, 0.3) is 0 Å². The van der Waals surface area contributed by atoms with Crippen molar-refractivity contribution in [2.24, 2.45) is 0 Å². The molecule has 1 aromatic carbocycles. The number of carbonyl (C=O) groups is 1. The second kappa shape index (κ2) is 4.95. The Labute approximate surface area is 119 Å². The van der Waals surface area contributed by atoms with Crippen molar-refractivity contribution in [2.45, 2.75) is 31.5 Å². The predicted octanol–water partition coefficient (Wildman–Crippen LogP) is 3.02. The molecular formula is C14H13F3N2O2. The molecule has 0 bridgehead atoms. The molecule has 21 heavy (non-hydrogen) atoms. The Morgan fingerprint density at radius 3 is 2.67 bits per heavy atom. The highest BCUT2D eigenvalue weighted by Crippen LogP contribution is 2.38. The van der Waals surface area contributed by atoms with Gasteiger partial charge in [-0.3, -0.25) is 0 Å². The summed E-state index contributed by atoms with van der Waals surface area (Å²) < 4.78 is 38.0.